The zero-order valence-electron chi connectivity index (χ0n) is 11.0. The van der Waals surface area contributed by atoms with Crippen molar-refractivity contribution in [1.82, 2.24) is 5.32 Å². The molecule has 0 radical (unpaired) electrons. The largest absolute Gasteiger partial charge is 0.462 e. The number of anilines is 1. The molecule has 1 N–H and O–H groups in total. The maximum absolute atomic E-state index is 13.0. The molecular weight excluding hydrogens is 269 g/mol. The van der Waals surface area contributed by atoms with Crippen molar-refractivity contribution in [2.45, 2.75) is 19.1 Å². The predicted octanol–water partition coefficient (Wildman–Crippen LogP) is 3.25. The Kier molecular flexibility index (Phi) is 3.12. The van der Waals surface area contributed by atoms with Crippen molar-refractivity contribution in [3.63, 3.8) is 0 Å². The van der Waals surface area contributed by atoms with Crippen LogP contribution < -0.4 is 10.2 Å². The molecule has 0 unspecified atom stereocenters. The quantitative estimate of drug-likeness (QED) is 0.871. The highest BCUT2D eigenvalue weighted by Gasteiger charge is 2.34. The first-order valence-electron chi connectivity index (χ1n) is 6.52. The minimum atomic E-state index is -4.36. The number of fused-ring (bicyclic) bond motifs is 1. The average Bonchev–Trinajstić information content (AvgIpc) is 2.85. The van der Waals surface area contributed by atoms with Crippen LogP contribution in [0.4, 0.5) is 18.9 Å². The monoisotopic (exact) mass is 284 g/mol. The number of furan rings is 1. The smallest absolute Gasteiger partial charge is 0.417 e. The number of hydrogen-bond acceptors (Lipinski definition) is 3. The van der Waals surface area contributed by atoms with E-state index in [2.05, 4.69) is 17.1 Å². The Labute approximate surface area is 114 Å². The molecule has 1 fully saturated rings. The second-order valence-electron chi connectivity index (χ2n) is 5.09. The minimum absolute atomic E-state index is 0.126. The van der Waals surface area contributed by atoms with Crippen LogP contribution in [0.15, 0.2) is 28.9 Å². The Hall–Kier alpha value is -1.69. The van der Waals surface area contributed by atoms with Crippen LogP contribution >= 0.6 is 0 Å². The fourth-order valence-corrected chi connectivity index (χ4v) is 2.69. The normalized spacial score (nSPS) is 20.6. The van der Waals surface area contributed by atoms with Gasteiger partial charge in [0.1, 0.15) is 0 Å². The Bertz CT molecular complexity index is 620. The van der Waals surface area contributed by atoms with Gasteiger partial charge in [-0.1, -0.05) is 0 Å². The Morgan fingerprint density at radius 1 is 1.30 bits per heavy atom. The number of nitrogens with zero attached hydrogens (tertiary/aromatic N) is 1. The lowest BCUT2D eigenvalue weighted by atomic mass is 10.1. The van der Waals surface area contributed by atoms with Gasteiger partial charge in [-0.05, 0) is 25.1 Å². The summed E-state index contributed by atoms with van der Waals surface area (Å²) in [5, 5.41) is 3.43. The Morgan fingerprint density at radius 3 is 2.80 bits per heavy atom. The molecule has 2 heterocycles. The van der Waals surface area contributed by atoms with E-state index in [-0.39, 0.29) is 5.39 Å². The summed E-state index contributed by atoms with van der Waals surface area (Å²) in [7, 11) is 0. The van der Waals surface area contributed by atoms with E-state index in [9.17, 15) is 13.2 Å². The lowest BCUT2D eigenvalue weighted by Gasteiger charge is -2.33. The average molecular weight is 284 g/mol. The first kappa shape index (κ1) is 13.3. The Balaban J connectivity index is 2.07. The summed E-state index contributed by atoms with van der Waals surface area (Å²) in [6.45, 7) is 4.37. The van der Waals surface area contributed by atoms with Crippen LogP contribution in [0.5, 0.6) is 0 Å². The van der Waals surface area contributed by atoms with E-state index in [0.29, 0.717) is 11.6 Å². The second kappa shape index (κ2) is 4.70. The molecule has 0 saturated carbocycles. The number of alkyl halides is 3. The van der Waals surface area contributed by atoms with Gasteiger partial charge < -0.3 is 14.6 Å². The van der Waals surface area contributed by atoms with Crippen LogP contribution in [-0.4, -0.2) is 25.7 Å². The zero-order valence-corrected chi connectivity index (χ0v) is 11.0. The van der Waals surface area contributed by atoms with Crippen molar-refractivity contribution in [3.8, 4) is 0 Å². The number of rotatable bonds is 1. The van der Waals surface area contributed by atoms with E-state index in [4.69, 9.17) is 4.42 Å². The van der Waals surface area contributed by atoms with E-state index in [1.54, 1.807) is 0 Å². The van der Waals surface area contributed by atoms with Gasteiger partial charge in [-0.15, -0.1) is 0 Å². The summed E-state index contributed by atoms with van der Waals surface area (Å²) in [4.78, 5) is 2.06. The van der Waals surface area contributed by atoms with E-state index in [1.165, 1.54) is 18.4 Å². The molecule has 1 atom stereocenters. The van der Waals surface area contributed by atoms with E-state index >= 15 is 0 Å². The number of hydrogen-bond donors (Lipinski definition) is 1. The van der Waals surface area contributed by atoms with Crippen molar-refractivity contribution in [2.75, 3.05) is 24.5 Å². The fraction of sp³-hybridized carbons (Fsp3) is 0.429. The third-order valence-electron chi connectivity index (χ3n) is 3.61. The van der Waals surface area contributed by atoms with Gasteiger partial charge in [0, 0.05) is 31.1 Å². The summed E-state index contributed by atoms with van der Waals surface area (Å²) in [5.41, 5.74) is 0.397. The zero-order chi connectivity index (χ0) is 14.3. The van der Waals surface area contributed by atoms with Gasteiger partial charge in [-0.2, -0.15) is 13.2 Å². The maximum atomic E-state index is 13.0. The van der Waals surface area contributed by atoms with Crippen molar-refractivity contribution in [2.24, 2.45) is 0 Å². The molecule has 0 aliphatic carbocycles. The third-order valence-corrected chi connectivity index (χ3v) is 3.61. The van der Waals surface area contributed by atoms with Crippen molar-refractivity contribution in [1.29, 1.82) is 0 Å². The van der Waals surface area contributed by atoms with E-state index < -0.39 is 11.7 Å². The summed E-state index contributed by atoms with van der Waals surface area (Å²) in [6, 6.07) is 4.33. The fourth-order valence-electron chi connectivity index (χ4n) is 2.69. The second-order valence-corrected chi connectivity index (χ2v) is 5.09. The molecule has 108 valence electrons. The van der Waals surface area contributed by atoms with Crippen LogP contribution in [0.3, 0.4) is 0 Å². The minimum Gasteiger partial charge on any atom is -0.462 e. The van der Waals surface area contributed by atoms with E-state index in [1.807, 2.05) is 0 Å². The van der Waals surface area contributed by atoms with Gasteiger partial charge in [-0.3, -0.25) is 0 Å². The molecule has 3 nitrogen and oxygen atoms in total. The molecule has 1 aromatic carbocycles. The molecule has 1 aliphatic heterocycles. The Morgan fingerprint density at radius 2 is 2.10 bits per heavy atom. The molecule has 2 aromatic rings. The highest BCUT2D eigenvalue weighted by atomic mass is 19.4. The summed E-state index contributed by atoms with van der Waals surface area (Å²) in [5.74, 6) is 0. The molecule has 1 saturated heterocycles. The summed E-state index contributed by atoms with van der Waals surface area (Å²) < 4.78 is 44.2. The molecule has 20 heavy (non-hydrogen) atoms. The lowest BCUT2D eigenvalue weighted by molar-refractivity contribution is -0.136. The van der Waals surface area contributed by atoms with Gasteiger partial charge in [-0.25, -0.2) is 0 Å². The van der Waals surface area contributed by atoms with Gasteiger partial charge in [0.2, 0.25) is 0 Å². The SMILES string of the molecule is C[C@H]1CN(c2ccc(C(F)(F)F)c3ccoc23)CCN1. The van der Waals surface area contributed by atoms with Crippen LogP contribution in [0.2, 0.25) is 0 Å². The number of piperazine rings is 1. The van der Waals surface area contributed by atoms with Gasteiger partial charge in [0.15, 0.2) is 5.58 Å². The molecule has 1 aromatic heterocycles. The molecule has 0 bridgehead atoms. The van der Waals surface area contributed by atoms with Gasteiger partial charge in [0.05, 0.1) is 17.5 Å². The van der Waals surface area contributed by atoms with Crippen molar-refractivity contribution < 1.29 is 17.6 Å². The van der Waals surface area contributed by atoms with Gasteiger partial charge in [0.25, 0.3) is 0 Å². The van der Waals surface area contributed by atoms with Crippen LogP contribution in [-0.2, 0) is 6.18 Å². The van der Waals surface area contributed by atoms with Crippen molar-refractivity contribution >= 4 is 16.7 Å². The first-order valence-corrected chi connectivity index (χ1v) is 6.52. The van der Waals surface area contributed by atoms with Crippen LogP contribution in [0, 0.1) is 0 Å². The predicted molar refractivity (Wildman–Crippen MR) is 70.9 cm³/mol. The number of nitrogens with one attached hydrogen (secondary N) is 1. The van der Waals surface area contributed by atoms with Gasteiger partial charge >= 0.3 is 6.18 Å². The highest BCUT2D eigenvalue weighted by molar-refractivity contribution is 5.92. The maximum Gasteiger partial charge on any atom is 0.417 e. The molecule has 6 heteroatoms. The van der Waals surface area contributed by atoms with Crippen LogP contribution in [0.1, 0.15) is 12.5 Å². The third kappa shape index (κ3) is 2.24. The molecule has 0 amide bonds. The summed E-state index contributed by atoms with van der Waals surface area (Å²) in [6.07, 6.45) is -3.05. The number of halogens is 3. The van der Waals surface area contributed by atoms with Crippen molar-refractivity contribution in [3.05, 3.63) is 30.0 Å². The van der Waals surface area contributed by atoms with E-state index in [0.717, 1.165) is 31.4 Å². The molecule has 1 aliphatic rings. The highest BCUT2D eigenvalue weighted by Crippen LogP contribution is 2.39. The topological polar surface area (TPSA) is 28.4 Å². The first-order chi connectivity index (χ1) is 9.47. The summed E-state index contributed by atoms with van der Waals surface area (Å²) >= 11 is 0. The lowest BCUT2D eigenvalue weighted by Crippen LogP contribution is -2.49. The molecule has 3 rings (SSSR count). The van der Waals surface area contributed by atoms with Crippen LogP contribution in [0.25, 0.3) is 11.0 Å². The standard InChI is InChI=1S/C14H15F3N2O/c1-9-8-19(6-5-18-9)12-3-2-11(14(15,16)17)10-4-7-20-13(10)12/h2-4,7,9,18H,5-6,8H2,1H3/t9-/m0/s1. The number of benzene rings is 1. The molecular formula is C14H15F3N2O. The molecule has 0 spiro atoms.